The summed E-state index contributed by atoms with van der Waals surface area (Å²) in [7, 11) is 0. The Labute approximate surface area is 139 Å². The number of ether oxygens (including phenoxy) is 2. The van der Waals surface area contributed by atoms with Crippen molar-refractivity contribution in [3.8, 4) is 11.5 Å². The number of amides is 1. The number of hydrogen-bond donors (Lipinski definition) is 1. The third kappa shape index (κ3) is 4.45. The summed E-state index contributed by atoms with van der Waals surface area (Å²) in [6.07, 6.45) is -0.901. The number of nitrogens with zero attached hydrogens (tertiary/aromatic N) is 1. The summed E-state index contributed by atoms with van der Waals surface area (Å²) in [5.41, 5.74) is 0.374. The van der Waals surface area contributed by atoms with E-state index >= 15 is 0 Å². The number of nitro benzene ring substituents is 1. The van der Waals surface area contributed by atoms with Gasteiger partial charge in [-0.3, -0.25) is 14.9 Å². The number of rotatable bonds is 7. The van der Waals surface area contributed by atoms with E-state index in [9.17, 15) is 14.9 Å². The van der Waals surface area contributed by atoms with E-state index in [1.54, 1.807) is 30.3 Å². The molecule has 0 saturated heterocycles. The Hall–Kier alpha value is -3.09. The minimum Gasteiger partial charge on any atom is -0.494 e. The minimum absolute atomic E-state index is 0.0493. The molecule has 7 nitrogen and oxygen atoms in total. The number of para-hydroxylation sites is 2. The van der Waals surface area contributed by atoms with Crippen LogP contribution in [0.1, 0.15) is 13.8 Å². The largest absolute Gasteiger partial charge is 0.494 e. The van der Waals surface area contributed by atoms with Crippen LogP contribution in [-0.4, -0.2) is 23.5 Å². The molecule has 126 valence electrons. The molecule has 1 amide bonds. The number of anilines is 1. The lowest BCUT2D eigenvalue weighted by Crippen LogP contribution is -2.30. The average molecular weight is 330 g/mol. The molecule has 0 aliphatic rings. The monoisotopic (exact) mass is 330 g/mol. The van der Waals surface area contributed by atoms with Crippen LogP contribution in [0.5, 0.6) is 11.5 Å². The molecule has 0 aliphatic heterocycles. The number of nitrogens with one attached hydrogen (secondary N) is 1. The molecular formula is C17H18N2O5. The van der Waals surface area contributed by atoms with Crippen LogP contribution in [0.15, 0.2) is 48.5 Å². The number of hydrogen-bond acceptors (Lipinski definition) is 5. The van der Waals surface area contributed by atoms with Crippen LogP contribution in [0.3, 0.4) is 0 Å². The van der Waals surface area contributed by atoms with E-state index < -0.39 is 16.9 Å². The third-order valence-corrected chi connectivity index (χ3v) is 3.15. The number of carbonyl (C=O) groups is 1. The highest BCUT2D eigenvalue weighted by atomic mass is 16.6. The maximum Gasteiger partial charge on any atom is 0.310 e. The maximum atomic E-state index is 12.2. The lowest BCUT2D eigenvalue weighted by atomic mass is 10.2. The molecule has 0 aliphatic carbocycles. The molecular weight excluding hydrogens is 312 g/mol. The van der Waals surface area contributed by atoms with Gasteiger partial charge in [0, 0.05) is 17.8 Å². The first-order valence-electron chi connectivity index (χ1n) is 7.45. The highest BCUT2D eigenvalue weighted by Gasteiger charge is 2.20. The number of benzene rings is 2. The van der Waals surface area contributed by atoms with Crippen molar-refractivity contribution in [2.45, 2.75) is 20.0 Å². The van der Waals surface area contributed by atoms with Crippen LogP contribution >= 0.6 is 0 Å². The Morgan fingerprint density at radius 3 is 2.71 bits per heavy atom. The Balaban J connectivity index is 2.05. The van der Waals surface area contributed by atoms with Gasteiger partial charge in [0.2, 0.25) is 0 Å². The summed E-state index contributed by atoms with van der Waals surface area (Å²) >= 11 is 0. The van der Waals surface area contributed by atoms with E-state index in [1.807, 2.05) is 6.92 Å². The van der Waals surface area contributed by atoms with Gasteiger partial charge in [0.1, 0.15) is 5.75 Å². The number of carbonyl (C=O) groups excluding carboxylic acids is 1. The van der Waals surface area contributed by atoms with E-state index in [0.29, 0.717) is 18.0 Å². The molecule has 24 heavy (non-hydrogen) atoms. The molecule has 1 atom stereocenters. The van der Waals surface area contributed by atoms with Crippen molar-refractivity contribution in [3.05, 3.63) is 58.6 Å². The zero-order valence-electron chi connectivity index (χ0n) is 13.4. The van der Waals surface area contributed by atoms with Gasteiger partial charge in [-0.15, -0.1) is 0 Å². The van der Waals surface area contributed by atoms with E-state index in [-0.39, 0.29) is 11.4 Å². The van der Waals surface area contributed by atoms with Crippen molar-refractivity contribution in [2.75, 3.05) is 11.9 Å². The molecule has 2 rings (SSSR count). The molecule has 0 spiro atoms. The second kappa shape index (κ2) is 7.96. The second-order valence-corrected chi connectivity index (χ2v) is 4.94. The van der Waals surface area contributed by atoms with Gasteiger partial charge in [0.05, 0.1) is 11.5 Å². The first-order valence-corrected chi connectivity index (χ1v) is 7.45. The topological polar surface area (TPSA) is 90.7 Å². The molecule has 0 bridgehead atoms. The molecule has 0 heterocycles. The van der Waals surface area contributed by atoms with Crippen LogP contribution in [-0.2, 0) is 4.79 Å². The summed E-state index contributed by atoms with van der Waals surface area (Å²) in [4.78, 5) is 22.6. The normalized spacial score (nSPS) is 11.4. The van der Waals surface area contributed by atoms with Crippen molar-refractivity contribution in [1.82, 2.24) is 0 Å². The van der Waals surface area contributed by atoms with Gasteiger partial charge in [-0.1, -0.05) is 18.2 Å². The van der Waals surface area contributed by atoms with Gasteiger partial charge in [0.25, 0.3) is 5.91 Å². The van der Waals surface area contributed by atoms with Crippen LogP contribution < -0.4 is 14.8 Å². The van der Waals surface area contributed by atoms with E-state index in [0.717, 1.165) is 0 Å². The van der Waals surface area contributed by atoms with Crippen molar-refractivity contribution in [2.24, 2.45) is 0 Å². The fourth-order valence-corrected chi connectivity index (χ4v) is 2.03. The summed E-state index contributed by atoms with van der Waals surface area (Å²) in [5, 5.41) is 13.7. The van der Waals surface area contributed by atoms with Crippen LogP contribution in [0.25, 0.3) is 0 Å². The molecule has 1 unspecified atom stereocenters. The lowest BCUT2D eigenvalue weighted by molar-refractivity contribution is -0.386. The standard InChI is InChI=1S/C17H18N2O5/c1-3-23-14-8-6-7-13(11-14)18-17(20)12(2)24-16-10-5-4-9-15(16)19(21)22/h4-12H,3H2,1-2H3,(H,18,20). The summed E-state index contributed by atoms with van der Waals surface area (Å²) in [5.74, 6) is 0.276. The van der Waals surface area contributed by atoms with E-state index in [1.165, 1.54) is 25.1 Å². The minimum atomic E-state index is -0.901. The molecule has 0 aromatic heterocycles. The Morgan fingerprint density at radius 1 is 1.25 bits per heavy atom. The molecule has 0 radical (unpaired) electrons. The molecule has 2 aromatic carbocycles. The highest BCUT2D eigenvalue weighted by Crippen LogP contribution is 2.27. The fraction of sp³-hybridized carbons (Fsp3) is 0.235. The SMILES string of the molecule is CCOc1cccc(NC(=O)C(C)Oc2ccccc2[N+](=O)[O-])c1. The predicted molar refractivity (Wildman–Crippen MR) is 89.4 cm³/mol. The van der Waals surface area contributed by atoms with E-state index in [4.69, 9.17) is 9.47 Å². The van der Waals surface area contributed by atoms with Crippen LogP contribution in [0, 0.1) is 10.1 Å². The van der Waals surface area contributed by atoms with Crippen molar-refractivity contribution < 1.29 is 19.2 Å². The molecule has 0 saturated carbocycles. The van der Waals surface area contributed by atoms with Gasteiger partial charge in [-0.2, -0.15) is 0 Å². The van der Waals surface area contributed by atoms with Gasteiger partial charge in [0.15, 0.2) is 11.9 Å². The molecule has 2 aromatic rings. The average Bonchev–Trinajstić information content (AvgIpc) is 2.55. The third-order valence-electron chi connectivity index (χ3n) is 3.15. The maximum absolute atomic E-state index is 12.2. The zero-order valence-corrected chi connectivity index (χ0v) is 13.4. The van der Waals surface area contributed by atoms with Crippen molar-refractivity contribution in [3.63, 3.8) is 0 Å². The lowest BCUT2D eigenvalue weighted by Gasteiger charge is -2.15. The molecule has 0 fully saturated rings. The molecule has 7 heteroatoms. The van der Waals surface area contributed by atoms with Gasteiger partial charge >= 0.3 is 5.69 Å². The van der Waals surface area contributed by atoms with Crippen LogP contribution in [0.2, 0.25) is 0 Å². The Morgan fingerprint density at radius 2 is 2.00 bits per heavy atom. The van der Waals surface area contributed by atoms with Gasteiger partial charge in [-0.05, 0) is 32.0 Å². The zero-order chi connectivity index (χ0) is 17.5. The Kier molecular flexibility index (Phi) is 5.73. The van der Waals surface area contributed by atoms with Crippen molar-refractivity contribution >= 4 is 17.3 Å². The summed E-state index contributed by atoms with van der Waals surface area (Å²) < 4.78 is 10.8. The highest BCUT2D eigenvalue weighted by molar-refractivity contribution is 5.94. The quantitative estimate of drug-likeness (QED) is 0.620. The number of nitro groups is 1. The summed E-state index contributed by atoms with van der Waals surface area (Å²) in [6.45, 7) is 3.92. The first kappa shape index (κ1) is 17.3. The van der Waals surface area contributed by atoms with E-state index in [2.05, 4.69) is 5.32 Å². The van der Waals surface area contributed by atoms with Crippen LogP contribution in [0.4, 0.5) is 11.4 Å². The smallest absolute Gasteiger partial charge is 0.310 e. The van der Waals surface area contributed by atoms with Gasteiger partial charge < -0.3 is 14.8 Å². The predicted octanol–water partition coefficient (Wildman–Crippen LogP) is 3.40. The summed E-state index contributed by atoms with van der Waals surface area (Å²) in [6, 6.07) is 12.9. The Bertz CT molecular complexity index is 732. The van der Waals surface area contributed by atoms with Crippen molar-refractivity contribution in [1.29, 1.82) is 0 Å². The fourth-order valence-electron chi connectivity index (χ4n) is 2.03. The second-order valence-electron chi connectivity index (χ2n) is 4.94. The van der Waals surface area contributed by atoms with Gasteiger partial charge in [-0.25, -0.2) is 0 Å². The first-order chi connectivity index (χ1) is 11.5. The molecule has 1 N–H and O–H groups in total.